The van der Waals surface area contributed by atoms with Crippen molar-refractivity contribution < 1.29 is 24.5 Å². The quantitative estimate of drug-likeness (QED) is 0.0320. The van der Waals surface area contributed by atoms with Crippen LogP contribution >= 0.6 is 0 Å². The van der Waals surface area contributed by atoms with Crippen LogP contribution in [0.5, 0.6) is 0 Å². The van der Waals surface area contributed by atoms with Gasteiger partial charge in [-0.05, 0) is 57.8 Å². The van der Waals surface area contributed by atoms with Crippen molar-refractivity contribution in [2.24, 2.45) is 0 Å². The van der Waals surface area contributed by atoms with E-state index < -0.39 is 12.1 Å². The summed E-state index contributed by atoms with van der Waals surface area (Å²) in [5.74, 6) is -0.0675. The monoisotopic (exact) mass is 1010 g/mol. The topological polar surface area (TPSA) is 95.9 Å². The Morgan fingerprint density at radius 1 is 0.389 bits per heavy atom. The second-order valence-electron chi connectivity index (χ2n) is 22.1. The molecule has 2 unspecified atom stereocenters. The molecule has 6 heteroatoms. The molecule has 0 rings (SSSR count). The van der Waals surface area contributed by atoms with E-state index >= 15 is 0 Å². The van der Waals surface area contributed by atoms with E-state index in [9.17, 15) is 19.8 Å². The summed E-state index contributed by atoms with van der Waals surface area (Å²) >= 11 is 0. The molecule has 0 aliphatic heterocycles. The normalized spacial score (nSPS) is 12.8. The highest BCUT2D eigenvalue weighted by Crippen LogP contribution is 2.18. The third-order valence-electron chi connectivity index (χ3n) is 14.9. The minimum absolute atomic E-state index is 0.00174. The molecule has 6 nitrogen and oxygen atoms in total. The first-order chi connectivity index (χ1) is 35.5. The summed E-state index contributed by atoms with van der Waals surface area (Å²) in [7, 11) is 0. The summed E-state index contributed by atoms with van der Waals surface area (Å²) in [6, 6.07) is -0.629. The highest BCUT2D eigenvalue weighted by Gasteiger charge is 2.18. The second kappa shape index (κ2) is 61.6. The lowest BCUT2D eigenvalue weighted by molar-refractivity contribution is -0.143. The van der Waals surface area contributed by atoms with E-state index in [0.717, 1.165) is 51.4 Å². The third kappa shape index (κ3) is 57.4. The van der Waals surface area contributed by atoms with Crippen LogP contribution in [-0.2, 0) is 14.3 Å². The standard InChI is InChI=1S/C66H125NO5/c1-3-5-7-9-11-13-15-17-19-20-25-28-31-34-38-42-46-50-54-58-64(69)63(62-68)67-65(70)59-55-51-47-43-39-35-32-29-26-23-21-22-24-27-30-33-37-41-45-49-53-57-61-72-66(71)60-56-52-48-44-40-36-18-16-14-12-10-8-6-4-2/h10,12,16,18,54,58,63-64,68-69H,3-9,11,13-15,17,19-53,55-57,59-62H2,1-2H3,(H,67,70)/b12-10-,18-16-,58-54+. The molecule has 0 aromatic heterocycles. The Hall–Kier alpha value is -1.92. The van der Waals surface area contributed by atoms with Gasteiger partial charge >= 0.3 is 5.97 Å². The van der Waals surface area contributed by atoms with Gasteiger partial charge in [-0.15, -0.1) is 0 Å². The number of hydrogen-bond donors (Lipinski definition) is 3. The Kier molecular flexibility index (Phi) is 60.0. The van der Waals surface area contributed by atoms with Gasteiger partial charge in [-0.1, -0.05) is 314 Å². The molecule has 1 amide bonds. The van der Waals surface area contributed by atoms with Crippen LogP contribution in [0.3, 0.4) is 0 Å². The van der Waals surface area contributed by atoms with E-state index in [2.05, 4.69) is 43.5 Å². The lowest BCUT2D eigenvalue weighted by Crippen LogP contribution is -2.45. The summed E-state index contributed by atoms with van der Waals surface area (Å²) in [6.45, 7) is 4.88. The van der Waals surface area contributed by atoms with Gasteiger partial charge in [0, 0.05) is 12.8 Å². The van der Waals surface area contributed by atoms with Crippen LogP contribution in [-0.4, -0.2) is 47.4 Å². The lowest BCUT2D eigenvalue weighted by Gasteiger charge is -2.20. The maximum Gasteiger partial charge on any atom is 0.305 e. The van der Waals surface area contributed by atoms with Crippen molar-refractivity contribution in [1.29, 1.82) is 0 Å². The number of carbonyl (C=O) groups excluding carboxylic acids is 2. The Bertz CT molecular complexity index is 1170. The van der Waals surface area contributed by atoms with E-state index in [1.54, 1.807) is 6.08 Å². The molecular formula is C66H125NO5. The van der Waals surface area contributed by atoms with Gasteiger partial charge in [0.15, 0.2) is 0 Å². The maximum absolute atomic E-state index is 12.5. The fourth-order valence-electron chi connectivity index (χ4n) is 9.95. The molecule has 2 atom stereocenters. The van der Waals surface area contributed by atoms with Gasteiger partial charge in [0.1, 0.15) is 0 Å². The second-order valence-corrected chi connectivity index (χ2v) is 22.1. The number of hydrogen-bond acceptors (Lipinski definition) is 5. The molecule has 0 radical (unpaired) electrons. The lowest BCUT2D eigenvalue weighted by atomic mass is 10.0. The van der Waals surface area contributed by atoms with Gasteiger partial charge in [-0.3, -0.25) is 9.59 Å². The van der Waals surface area contributed by atoms with Crippen molar-refractivity contribution in [2.75, 3.05) is 13.2 Å². The summed E-state index contributed by atoms with van der Waals surface area (Å²) in [5, 5.41) is 23.2. The van der Waals surface area contributed by atoms with Crippen LogP contribution in [0.4, 0.5) is 0 Å². The van der Waals surface area contributed by atoms with Gasteiger partial charge in [0.05, 0.1) is 25.4 Å². The molecule has 424 valence electrons. The summed E-state index contributed by atoms with van der Waals surface area (Å²) in [4.78, 5) is 24.5. The number of amides is 1. The minimum Gasteiger partial charge on any atom is -0.466 e. The Labute approximate surface area is 449 Å². The van der Waals surface area contributed by atoms with E-state index in [0.29, 0.717) is 19.4 Å². The van der Waals surface area contributed by atoms with E-state index in [1.807, 2.05) is 6.08 Å². The zero-order valence-corrected chi connectivity index (χ0v) is 48.4. The molecule has 0 aliphatic rings. The molecule has 72 heavy (non-hydrogen) atoms. The number of carbonyl (C=O) groups is 2. The number of nitrogens with one attached hydrogen (secondary N) is 1. The van der Waals surface area contributed by atoms with Crippen LogP contribution in [0.15, 0.2) is 36.5 Å². The first-order valence-corrected chi connectivity index (χ1v) is 32.3. The molecule has 0 heterocycles. The van der Waals surface area contributed by atoms with Crippen LogP contribution in [0.2, 0.25) is 0 Å². The molecule has 0 aromatic rings. The predicted octanol–water partition coefficient (Wildman–Crippen LogP) is 20.4. The largest absolute Gasteiger partial charge is 0.466 e. The Morgan fingerprint density at radius 3 is 1.10 bits per heavy atom. The maximum atomic E-state index is 12.5. The molecular weight excluding hydrogens is 887 g/mol. The van der Waals surface area contributed by atoms with E-state index in [4.69, 9.17) is 4.74 Å². The van der Waals surface area contributed by atoms with Gasteiger partial charge in [-0.25, -0.2) is 0 Å². The fraction of sp³-hybridized carbons (Fsp3) is 0.879. The number of esters is 1. The van der Waals surface area contributed by atoms with Crippen LogP contribution in [0, 0.1) is 0 Å². The van der Waals surface area contributed by atoms with Crippen molar-refractivity contribution >= 4 is 11.9 Å². The molecule has 0 aromatic carbocycles. The van der Waals surface area contributed by atoms with Crippen LogP contribution in [0.1, 0.15) is 348 Å². The molecule has 0 aliphatic carbocycles. The van der Waals surface area contributed by atoms with E-state index in [-0.39, 0.29) is 18.5 Å². The SMILES string of the molecule is CCCC/C=C\C/C=C\CCCCCCCC(=O)OCCCCCCCCCCCCCCCCCCCCCCCCC(=O)NC(CO)C(O)/C=C/CCCCCCCCCCCCCCCCCCC. The van der Waals surface area contributed by atoms with Crippen molar-refractivity contribution in [3.8, 4) is 0 Å². The summed E-state index contributed by atoms with van der Waals surface area (Å²) in [6.07, 6.45) is 77.6. The highest BCUT2D eigenvalue weighted by atomic mass is 16.5. The van der Waals surface area contributed by atoms with Gasteiger partial charge in [-0.2, -0.15) is 0 Å². The summed E-state index contributed by atoms with van der Waals surface area (Å²) < 4.78 is 5.47. The van der Waals surface area contributed by atoms with Crippen molar-refractivity contribution in [3.05, 3.63) is 36.5 Å². The van der Waals surface area contributed by atoms with Crippen molar-refractivity contribution in [1.82, 2.24) is 5.32 Å². The van der Waals surface area contributed by atoms with Gasteiger partial charge in [0.25, 0.3) is 0 Å². The predicted molar refractivity (Wildman–Crippen MR) is 315 cm³/mol. The van der Waals surface area contributed by atoms with Gasteiger partial charge in [0.2, 0.25) is 5.91 Å². The number of aliphatic hydroxyl groups is 2. The number of rotatable bonds is 60. The van der Waals surface area contributed by atoms with Crippen LogP contribution in [0.25, 0.3) is 0 Å². The smallest absolute Gasteiger partial charge is 0.305 e. The Morgan fingerprint density at radius 2 is 0.708 bits per heavy atom. The minimum atomic E-state index is -0.846. The average molecular weight is 1010 g/mol. The van der Waals surface area contributed by atoms with Gasteiger partial charge < -0.3 is 20.3 Å². The molecule has 0 saturated carbocycles. The molecule has 3 N–H and O–H groups in total. The fourth-order valence-corrected chi connectivity index (χ4v) is 9.95. The molecule has 0 spiro atoms. The summed E-state index contributed by atoms with van der Waals surface area (Å²) in [5.41, 5.74) is 0. The number of ether oxygens (including phenoxy) is 1. The van der Waals surface area contributed by atoms with Crippen molar-refractivity contribution in [2.45, 2.75) is 360 Å². The number of allylic oxidation sites excluding steroid dienone is 5. The van der Waals surface area contributed by atoms with Crippen LogP contribution < -0.4 is 5.32 Å². The average Bonchev–Trinajstić information content (AvgIpc) is 3.38. The zero-order chi connectivity index (χ0) is 52.2. The molecule has 0 saturated heterocycles. The Balaban J connectivity index is 3.42. The first kappa shape index (κ1) is 70.1. The highest BCUT2D eigenvalue weighted by molar-refractivity contribution is 5.76. The zero-order valence-electron chi connectivity index (χ0n) is 48.4. The number of aliphatic hydroxyl groups excluding tert-OH is 2. The van der Waals surface area contributed by atoms with Crippen molar-refractivity contribution in [3.63, 3.8) is 0 Å². The third-order valence-corrected chi connectivity index (χ3v) is 14.9. The first-order valence-electron chi connectivity index (χ1n) is 32.3. The van der Waals surface area contributed by atoms with E-state index in [1.165, 1.54) is 270 Å². The number of unbranched alkanes of at least 4 members (excludes halogenated alkanes) is 45. The molecule has 0 fully saturated rings. The molecule has 0 bridgehead atoms.